The number of urea groups is 1. The zero-order valence-electron chi connectivity index (χ0n) is 12.1. The van der Waals surface area contributed by atoms with Gasteiger partial charge < -0.3 is 16.0 Å². The summed E-state index contributed by atoms with van der Waals surface area (Å²) < 4.78 is 0. The fraction of sp³-hybridized carbons (Fsp3) is 0.933. The second kappa shape index (κ2) is 7.13. The molecule has 1 heterocycles. The molecule has 0 radical (unpaired) electrons. The number of nitrogens with one attached hydrogen (secondary N) is 1. The molecular formula is C15H29N3O. The highest BCUT2D eigenvalue weighted by atomic mass is 16.2. The first-order valence-electron chi connectivity index (χ1n) is 8.03. The molecular weight excluding hydrogens is 238 g/mol. The number of hydrogen-bond acceptors (Lipinski definition) is 2. The fourth-order valence-electron chi connectivity index (χ4n) is 3.37. The van der Waals surface area contributed by atoms with Gasteiger partial charge in [-0.3, -0.25) is 0 Å². The molecule has 0 spiro atoms. The Balaban J connectivity index is 1.93. The molecule has 4 nitrogen and oxygen atoms in total. The van der Waals surface area contributed by atoms with Gasteiger partial charge in [-0.1, -0.05) is 32.1 Å². The lowest BCUT2D eigenvalue weighted by Crippen LogP contribution is -2.58. The molecule has 2 rings (SSSR count). The molecule has 3 N–H and O–H groups in total. The number of likely N-dealkylation sites (tertiary alicyclic amines) is 1. The monoisotopic (exact) mass is 267 g/mol. The molecule has 2 fully saturated rings. The first-order valence-corrected chi connectivity index (χ1v) is 8.03. The number of hydrogen-bond donors (Lipinski definition) is 2. The summed E-state index contributed by atoms with van der Waals surface area (Å²) in [5.74, 6) is 0. The zero-order chi connectivity index (χ0) is 13.6. The first kappa shape index (κ1) is 14.6. The highest BCUT2D eigenvalue weighted by molar-refractivity contribution is 5.75. The fourth-order valence-corrected chi connectivity index (χ4v) is 3.37. The van der Waals surface area contributed by atoms with Crippen molar-refractivity contribution in [1.82, 2.24) is 10.2 Å². The molecule has 0 atom stereocenters. The van der Waals surface area contributed by atoms with Gasteiger partial charge in [-0.05, 0) is 32.1 Å². The minimum Gasteiger partial charge on any atom is -0.331 e. The Kier molecular flexibility index (Phi) is 5.49. The van der Waals surface area contributed by atoms with Crippen LogP contribution in [-0.4, -0.2) is 36.1 Å². The minimum atomic E-state index is -0.144. The molecule has 0 aromatic heterocycles. The van der Waals surface area contributed by atoms with Gasteiger partial charge in [0.1, 0.15) is 0 Å². The highest BCUT2D eigenvalue weighted by Gasteiger charge is 2.32. The van der Waals surface area contributed by atoms with Crippen molar-refractivity contribution in [3.63, 3.8) is 0 Å². The standard InChI is InChI=1S/C15H29N3O/c16-13-15(9-5-2-1-3-6-10-15)17-14(19)18-11-7-4-8-12-18/h1-13,16H2,(H,17,19). The van der Waals surface area contributed by atoms with Crippen LogP contribution in [0.3, 0.4) is 0 Å². The van der Waals surface area contributed by atoms with E-state index in [-0.39, 0.29) is 11.6 Å². The van der Waals surface area contributed by atoms with Crippen LogP contribution in [0.15, 0.2) is 0 Å². The molecule has 110 valence electrons. The summed E-state index contributed by atoms with van der Waals surface area (Å²) in [5, 5.41) is 3.28. The third-order valence-electron chi connectivity index (χ3n) is 4.72. The average Bonchev–Trinajstić information content (AvgIpc) is 2.43. The van der Waals surface area contributed by atoms with Crippen LogP contribution < -0.4 is 11.1 Å². The smallest absolute Gasteiger partial charge is 0.317 e. The number of carbonyl (C=O) groups excluding carboxylic acids is 1. The molecule has 1 aliphatic carbocycles. The van der Waals surface area contributed by atoms with E-state index in [9.17, 15) is 4.79 Å². The summed E-state index contributed by atoms with van der Waals surface area (Å²) in [6.07, 6.45) is 11.9. The van der Waals surface area contributed by atoms with E-state index >= 15 is 0 Å². The average molecular weight is 267 g/mol. The molecule has 1 aliphatic heterocycles. The number of carbonyl (C=O) groups is 1. The van der Waals surface area contributed by atoms with Crippen molar-refractivity contribution in [2.75, 3.05) is 19.6 Å². The number of piperidine rings is 1. The molecule has 2 amide bonds. The summed E-state index contributed by atoms with van der Waals surface area (Å²) in [6, 6.07) is 0.116. The van der Waals surface area contributed by atoms with Crippen LogP contribution in [0.2, 0.25) is 0 Å². The summed E-state index contributed by atoms with van der Waals surface area (Å²) in [6.45, 7) is 2.39. The van der Waals surface area contributed by atoms with Gasteiger partial charge in [-0.2, -0.15) is 0 Å². The van der Waals surface area contributed by atoms with Crippen molar-refractivity contribution in [3.8, 4) is 0 Å². The maximum atomic E-state index is 12.4. The van der Waals surface area contributed by atoms with Crippen molar-refractivity contribution in [3.05, 3.63) is 0 Å². The summed E-state index contributed by atoms with van der Waals surface area (Å²) in [4.78, 5) is 14.4. The lowest BCUT2D eigenvalue weighted by molar-refractivity contribution is 0.164. The van der Waals surface area contributed by atoms with E-state index in [0.717, 1.165) is 38.8 Å². The van der Waals surface area contributed by atoms with Gasteiger partial charge in [0.15, 0.2) is 0 Å². The Morgan fingerprint density at radius 1 is 0.947 bits per heavy atom. The van der Waals surface area contributed by atoms with Crippen LogP contribution in [0, 0.1) is 0 Å². The van der Waals surface area contributed by atoms with Crippen molar-refractivity contribution < 1.29 is 4.79 Å². The molecule has 0 aromatic carbocycles. The molecule has 0 unspecified atom stereocenters. The van der Waals surface area contributed by atoms with Crippen LogP contribution in [0.25, 0.3) is 0 Å². The lowest BCUT2D eigenvalue weighted by atomic mass is 9.84. The molecule has 1 saturated carbocycles. The van der Waals surface area contributed by atoms with Gasteiger partial charge >= 0.3 is 6.03 Å². The SMILES string of the molecule is NCC1(NC(=O)N2CCCCC2)CCCCCCC1. The molecule has 2 aliphatic rings. The predicted octanol–water partition coefficient (Wildman–Crippen LogP) is 2.62. The first-order chi connectivity index (χ1) is 9.26. The summed E-state index contributed by atoms with van der Waals surface area (Å²) in [5.41, 5.74) is 5.86. The normalized spacial score (nSPS) is 24.4. The van der Waals surface area contributed by atoms with Gasteiger partial charge in [0.25, 0.3) is 0 Å². The minimum absolute atomic E-state index is 0.116. The van der Waals surface area contributed by atoms with Crippen LogP contribution in [0.5, 0.6) is 0 Å². The Hall–Kier alpha value is -0.770. The highest BCUT2D eigenvalue weighted by Crippen LogP contribution is 2.26. The van der Waals surface area contributed by atoms with E-state index < -0.39 is 0 Å². The summed E-state index contributed by atoms with van der Waals surface area (Å²) in [7, 11) is 0. The quantitative estimate of drug-likeness (QED) is 0.808. The van der Waals surface area contributed by atoms with Gasteiger partial charge in [-0.15, -0.1) is 0 Å². The molecule has 1 saturated heterocycles. The van der Waals surface area contributed by atoms with Gasteiger partial charge in [0.2, 0.25) is 0 Å². The maximum absolute atomic E-state index is 12.4. The van der Waals surface area contributed by atoms with Crippen LogP contribution in [0.1, 0.15) is 64.2 Å². The Morgan fingerprint density at radius 2 is 1.47 bits per heavy atom. The van der Waals surface area contributed by atoms with Crippen molar-refractivity contribution in [2.24, 2.45) is 5.73 Å². The van der Waals surface area contributed by atoms with Crippen molar-refractivity contribution in [1.29, 1.82) is 0 Å². The van der Waals surface area contributed by atoms with E-state index in [1.807, 2.05) is 4.90 Å². The number of nitrogens with zero attached hydrogens (tertiary/aromatic N) is 1. The number of nitrogens with two attached hydrogens (primary N) is 1. The van der Waals surface area contributed by atoms with E-state index in [2.05, 4.69) is 5.32 Å². The largest absolute Gasteiger partial charge is 0.331 e. The molecule has 4 heteroatoms. The zero-order valence-corrected chi connectivity index (χ0v) is 12.1. The van der Waals surface area contributed by atoms with Crippen LogP contribution in [-0.2, 0) is 0 Å². The maximum Gasteiger partial charge on any atom is 0.317 e. The second-order valence-electron chi connectivity index (χ2n) is 6.23. The Morgan fingerprint density at radius 3 is 2.05 bits per heavy atom. The molecule has 0 bridgehead atoms. The van der Waals surface area contributed by atoms with Gasteiger partial charge in [0, 0.05) is 19.6 Å². The lowest BCUT2D eigenvalue weighted by Gasteiger charge is -2.38. The Labute approximate surface area is 117 Å². The molecule has 0 aromatic rings. The molecule has 19 heavy (non-hydrogen) atoms. The second-order valence-corrected chi connectivity index (χ2v) is 6.23. The number of rotatable bonds is 2. The van der Waals surface area contributed by atoms with Crippen LogP contribution >= 0.6 is 0 Å². The summed E-state index contributed by atoms with van der Waals surface area (Å²) >= 11 is 0. The third kappa shape index (κ3) is 4.10. The van der Waals surface area contributed by atoms with Crippen molar-refractivity contribution in [2.45, 2.75) is 69.7 Å². The number of amides is 2. The van der Waals surface area contributed by atoms with E-state index in [4.69, 9.17) is 5.73 Å². The van der Waals surface area contributed by atoms with Crippen LogP contribution in [0.4, 0.5) is 4.79 Å². The van der Waals surface area contributed by atoms with E-state index in [1.165, 1.54) is 38.5 Å². The Bertz CT molecular complexity index is 279. The predicted molar refractivity (Wildman–Crippen MR) is 78.1 cm³/mol. The van der Waals surface area contributed by atoms with Crippen molar-refractivity contribution >= 4 is 6.03 Å². The van der Waals surface area contributed by atoms with E-state index in [0.29, 0.717) is 6.54 Å². The van der Waals surface area contributed by atoms with Gasteiger partial charge in [-0.25, -0.2) is 4.79 Å². The third-order valence-corrected chi connectivity index (χ3v) is 4.72. The van der Waals surface area contributed by atoms with Gasteiger partial charge in [0.05, 0.1) is 5.54 Å². The van der Waals surface area contributed by atoms with E-state index in [1.54, 1.807) is 0 Å². The topological polar surface area (TPSA) is 58.4 Å².